The van der Waals surface area contributed by atoms with E-state index in [1.807, 2.05) is 55.6 Å². The number of hydrogen-bond donors (Lipinski definition) is 2. The molecule has 24 heavy (non-hydrogen) atoms. The Morgan fingerprint density at radius 2 is 1.92 bits per heavy atom. The first-order chi connectivity index (χ1) is 11.7. The van der Waals surface area contributed by atoms with Crippen LogP contribution in [-0.4, -0.2) is 24.6 Å². The predicted molar refractivity (Wildman–Crippen MR) is 96.6 cm³/mol. The molecule has 0 saturated carbocycles. The second-order valence-corrected chi connectivity index (χ2v) is 5.83. The number of benzene rings is 2. The van der Waals surface area contributed by atoms with Gasteiger partial charge in [0.1, 0.15) is 5.69 Å². The molecule has 1 unspecified atom stereocenters. The molecule has 0 saturated heterocycles. The van der Waals surface area contributed by atoms with E-state index in [4.69, 9.17) is 16.3 Å². The highest BCUT2D eigenvalue weighted by Gasteiger charge is 2.26. The summed E-state index contributed by atoms with van der Waals surface area (Å²) in [5.74, 6) is -0.365. The van der Waals surface area contributed by atoms with Gasteiger partial charge in [-0.25, -0.2) is 4.79 Å². The highest BCUT2D eigenvalue weighted by molar-refractivity contribution is 6.31. The summed E-state index contributed by atoms with van der Waals surface area (Å²) >= 11 is 6.39. The molecule has 1 aromatic heterocycles. The SMILES string of the molecule is CCOC(=O)c1[nH]c2ccccc2c1C(NC)c1ccccc1Cl. The molecular formula is C19H19ClN2O2. The number of H-pyrrole nitrogens is 1. The van der Waals surface area contributed by atoms with Gasteiger partial charge >= 0.3 is 5.97 Å². The Balaban J connectivity index is 2.24. The Morgan fingerprint density at radius 1 is 1.21 bits per heavy atom. The van der Waals surface area contributed by atoms with Gasteiger partial charge in [0.05, 0.1) is 12.6 Å². The predicted octanol–water partition coefficient (Wildman–Crippen LogP) is 4.31. The van der Waals surface area contributed by atoms with Crippen LogP contribution in [0.15, 0.2) is 48.5 Å². The molecule has 1 atom stereocenters. The number of carbonyl (C=O) groups excluding carboxylic acids is 1. The van der Waals surface area contributed by atoms with Crippen molar-refractivity contribution in [3.05, 3.63) is 70.4 Å². The van der Waals surface area contributed by atoms with Gasteiger partial charge in [0.15, 0.2) is 0 Å². The molecule has 5 heteroatoms. The zero-order chi connectivity index (χ0) is 17.1. The van der Waals surface area contributed by atoms with Crippen LogP contribution >= 0.6 is 11.6 Å². The van der Waals surface area contributed by atoms with Crippen LogP contribution in [0.4, 0.5) is 0 Å². The van der Waals surface area contributed by atoms with Crippen LogP contribution in [0.3, 0.4) is 0 Å². The molecule has 124 valence electrons. The van der Waals surface area contributed by atoms with Gasteiger partial charge in [-0.2, -0.15) is 0 Å². The van der Waals surface area contributed by atoms with Gasteiger partial charge in [-0.3, -0.25) is 0 Å². The quantitative estimate of drug-likeness (QED) is 0.679. The lowest BCUT2D eigenvalue weighted by Crippen LogP contribution is -2.21. The molecular weight excluding hydrogens is 324 g/mol. The minimum absolute atomic E-state index is 0.228. The summed E-state index contributed by atoms with van der Waals surface area (Å²) in [5, 5.41) is 4.90. The summed E-state index contributed by atoms with van der Waals surface area (Å²) in [4.78, 5) is 15.7. The van der Waals surface area contributed by atoms with Crippen molar-refractivity contribution in [1.82, 2.24) is 10.3 Å². The first kappa shape index (κ1) is 16.6. The van der Waals surface area contributed by atoms with E-state index >= 15 is 0 Å². The van der Waals surface area contributed by atoms with Crippen molar-refractivity contribution in [2.75, 3.05) is 13.7 Å². The van der Waals surface area contributed by atoms with E-state index in [0.29, 0.717) is 17.3 Å². The Kier molecular flexibility index (Phi) is 4.88. The second kappa shape index (κ2) is 7.07. The average molecular weight is 343 g/mol. The van der Waals surface area contributed by atoms with E-state index in [9.17, 15) is 4.79 Å². The molecule has 0 spiro atoms. The van der Waals surface area contributed by atoms with Crippen molar-refractivity contribution < 1.29 is 9.53 Å². The fourth-order valence-electron chi connectivity index (χ4n) is 2.99. The monoisotopic (exact) mass is 342 g/mol. The van der Waals surface area contributed by atoms with Gasteiger partial charge in [-0.15, -0.1) is 0 Å². The van der Waals surface area contributed by atoms with E-state index in [1.54, 1.807) is 6.92 Å². The molecule has 2 N–H and O–H groups in total. The molecule has 3 aromatic rings. The first-order valence-electron chi connectivity index (χ1n) is 7.86. The Labute approximate surface area is 145 Å². The van der Waals surface area contributed by atoms with Crippen LogP contribution in [0.25, 0.3) is 10.9 Å². The molecule has 0 fully saturated rings. The molecule has 3 rings (SSSR count). The third kappa shape index (κ3) is 2.90. The van der Waals surface area contributed by atoms with Gasteiger partial charge in [-0.05, 0) is 31.7 Å². The van der Waals surface area contributed by atoms with Crippen molar-refractivity contribution >= 4 is 28.5 Å². The molecule has 0 aliphatic heterocycles. The van der Waals surface area contributed by atoms with Crippen molar-refractivity contribution in [2.45, 2.75) is 13.0 Å². The number of rotatable bonds is 5. The Hall–Kier alpha value is -2.30. The zero-order valence-corrected chi connectivity index (χ0v) is 14.4. The Bertz CT molecular complexity index is 873. The third-order valence-electron chi connectivity index (χ3n) is 4.02. The number of aromatic nitrogens is 1. The van der Waals surface area contributed by atoms with E-state index in [1.165, 1.54) is 0 Å². The standard InChI is InChI=1S/C19H19ClN2O2/c1-3-24-19(23)18-16(13-9-5-7-11-15(13)22-18)17(21-2)12-8-4-6-10-14(12)20/h4-11,17,21-22H,3H2,1-2H3. The van der Waals surface area contributed by atoms with Crippen LogP contribution in [0, 0.1) is 0 Å². The van der Waals surface area contributed by atoms with Gasteiger partial charge in [0, 0.05) is 21.5 Å². The van der Waals surface area contributed by atoms with Crippen molar-refractivity contribution in [3.8, 4) is 0 Å². The molecule has 2 aromatic carbocycles. The minimum Gasteiger partial charge on any atom is -0.461 e. The highest BCUT2D eigenvalue weighted by atomic mass is 35.5. The maximum atomic E-state index is 12.5. The van der Waals surface area contributed by atoms with Gasteiger partial charge < -0.3 is 15.0 Å². The van der Waals surface area contributed by atoms with Gasteiger partial charge in [-0.1, -0.05) is 48.0 Å². The van der Waals surface area contributed by atoms with E-state index in [0.717, 1.165) is 22.0 Å². The summed E-state index contributed by atoms with van der Waals surface area (Å²) in [7, 11) is 1.85. The minimum atomic E-state index is -0.365. The topological polar surface area (TPSA) is 54.1 Å². The van der Waals surface area contributed by atoms with E-state index in [-0.39, 0.29) is 12.0 Å². The maximum absolute atomic E-state index is 12.5. The van der Waals surface area contributed by atoms with Crippen molar-refractivity contribution in [3.63, 3.8) is 0 Å². The summed E-state index contributed by atoms with van der Waals surface area (Å²) < 4.78 is 5.23. The molecule has 0 aliphatic carbocycles. The van der Waals surface area contributed by atoms with Crippen molar-refractivity contribution in [2.24, 2.45) is 0 Å². The average Bonchev–Trinajstić information content (AvgIpc) is 2.97. The van der Waals surface area contributed by atoms with Crippen LogP contribution < -0.4 is 5.32 Å². The molecule has 0 radical (unpaired) electrons. The Morgan fingerprint density at radius 3 is 2.62 bits per heavy atom. The number of carbonyl (C=O) groups is 1. The molecule has 0 amide bonds. The van der Waals surface area contributed by atoms with Gasteiger partial charge in [0.25, 0.3) is 0 Å². The normalized spacial score (nSPS) is 12.3. The summed E-state index contributed by atoms with van der Waals surface area (Å²) in [6, 6.07) is 15.2. The molecule has 1 heterocycles. The number of hydrogen-bond acceptors (Lipinski definition) is 3. The smallest absolute Gasteiger partial charge is 0.355 e. The second-order valence-electron chi connectivity index (χ2n) is 5.42. The molecule has 0 aliphatic rings. The lowest BCUT2D eigenvalue weighted by Gasteiger charge is -2.19. The summed E-state index contributed by atoms with van der Waals surface area (Å²) in [5.41, 5.74) is 3.11. The van der Waals surface area contributed by atoms with Gasteiger partial charge in [0.2, 0.25) is 0 Å². The molecule has 0 bridgehead atoms. The number of halogens is 1. The molecule has 4 nitrogen and oxygen atoms in total. The van der Waals surface area contributed by atoms with Crippen LogP contribution in [0.5, 0.6) is 0 Å². The van der Waals surface area contributed by atoms with E-state index < -0.39 is 0 Å². The number of aromatic amines is 1. The van der Waals surface area contributed by atoms with Crippen LogP contribution in [0.1, 0.15) is 34.6 Å². The largest absolute Gasteiger partial charge is 0.461 e. The highest BCUT2D eigenvalue weighted by Crippen LogP contribution is 2.35. The number of para-hydroxylation sites is 1. The van der Waals surface area contributed by atoms with Crippen LogP contribution in [0.2, 0.25) is 5.02 Å². The number of esters is 1. The van der Waals surface area contributed by atoms with Crippen molar-refractivity contribution in [1.29, 1.82) is 0 Å². The third-order valence-corrected chi connectivity index (χ3v) is 4.36. The fourth-order valence-corrected chi connectivity index (χ4v) is 3.24. The number of ether oxygens (including phenoxy) is 1. The van der Waals surface area contributed by atoms with Crippen LogP contribution in [-0.2, 0) is 4.74 Å². The lowest BCUT2D eigenvalue weighted by molar-refractivity contribution is 0.0519. The summed E-state index contributed by atoms with van der Waals surface area (Å²) in [6.07, 6.45) is 0. The number of nitrogens with one attached hydrogen (secondary N) is 2. The zero-order valence-electron chi connectivity index (χ0n) is 13.6. The maximum Gasteiger partial charge on any atom is 0.355 e. The van der Waals surface area contributed by atoms with E-state index in [2.05, 4.69) is 10.3 Å². The first-order valence-corrected chi connectivity index (χ1v) is 8.24. The summed E-state index contributed by atoms with van der Waals surface area (Å²) in [6.45, 7) is 2.12. The number of fused-ring (bicyclic) bond motifs is 1. The lowest BCUT2D eigenvalue weighted by atomic mass is 9.95. The fraction of sp³-hybridized carbons (Fsp3) is 0.211.